The van der Waals surface area contributed by atoms with E-state index in [1.54, 1.807) is 20.8 Å². The van der Waals surface area contributed by atoms with Gasteiger partial charge in [0.1, 0.15) is 0 Å². The lowest BCUT2D eigenvalue weighted by atomic mass is 10.0. The summed E-state index contributed by atoms with van der Waals surface area (Å²) in [5, 5.41) is 12.8. The number of carbonyl (C=O) groups excluding carboxylic acids is 1. The molecule has 6 heteroatoms. The second-order valence-corrected chi connectivity index (χ2v) is 3.14. The van der Waals surface area contributed by atoms with Gasteiger partial charge in [0.25, 0.3) is 0 Å². The second kappa shape index (κ2) is 6.23. The van der Waals surface area contributed by atoms with E-state index in [9.17, 15) is 9.90 Å². The van der Waals surface area contributed by atoms with Gasteiger partial charge in [0, 0.05) is 4.91 Å². The number of hydrogen-bond acceptors (Lipinski definition) is 4. The van der Waals surface area contributed by atoms with E-state index in [1.165, 1.54) is 0 Å². The summed E-state index contributed by atoms with van der Waals surface area (Å²) >= 11 is 0. The lowest BCUT2D eigenvalue weighted by molar-refractivity contribution is -0.148. The first-order valence-corrected chi connectivity index (χ1v) is 4.43. The molecule has 2 atom stereocenters. The first kappa shape index (κ1) is 12.7. The Morgan fingerprint density at radius 2 is 2.21 bits per heavy atom. The highest BCUT2D eigenvalue weighted by atomic mass is 16.5. The van der Waals surface area contributed by atoms with Gasteiger partial charge < -0.3 is 9.84 Å². The fourth-order valence-corrected chi connectivity index (χ4v) is 0.903. The first-order chi connectivity index (χ1) is 6.54. The predicted molar refractivity (Wildman–Crippen MR) is 50.4 cm³/mol. The Morgan fingerprint density at radius 3 is 2.57 bits per heavy atom. The number of ether oxygens (including phenoxy) is 1. The Kier molecular flexibility index (Phi) is 5.67. The number of nitrogens with zero attached hydrogens (tertiary/aromatic N) is 3. The molecule has 14 heavy (non-hydrogen) atoms. The number of rotatable bonds is 5. The number of esters is 1. The van der Waals surface area contributed by atoms with Crippen molar-refractivity contribution in [1.29, 1.82) is 0 Å². The summed E-state index contributed by atoms with van der Waals surface area (Å²) in [6, 6.07) is -1.15. The highest BCUT2D eigenvalue weighted by Crippen LogP contribution is 2.11. The fourth-order valence-electron chi connectivity index (χ4n) is 0.903. The SMILES string of the molecule is CCOC(=O)[C@@H](N=[N+]=[N-])[C@@H](O)C(C)C. The normalized spacial score (nSPS) is 14.4. The van der Waals surface area contributed by atoms with E-state index >= 15 is 0 Å². The van der Waals surface area contributed by atoms with E-state index in [1.807, 2.05) is 0 Å². The van der Waals surface area contributed by atoms with Crippen LogP contribution in [0, 0.1) is 5.92 Å². The molecule has 0 aliphatic carbocycles. The molecule has 0 amide bonds. The van der Waals surface area contributed by atoms with Crippen molar-refractivity contribution in [3.05, 3.63) is 10.4 Å². The van der Waals surface area contributed by atoms with Gasteiger partial charge in [0.05, 0.1) is 12.7 Å². The van der Waals surface area contributed by atoms with Crippen molar-refractivity contribution >= 4 is 5.97 Å². The number of aliphatic hydroxyl groups is 1. The minimum atomic E-state index is -1.15. The van der Waals surface area contributed by atoms with Gasteiger partial charge in [0.15, 0.2) is 6.04 Å². The molecule has 0 radical (unpaired) electrons. The van der Waals surface area contributed by atoms with Crippen LogP contribution in [0.25, 0.3) is 10.4 Å². The lowest BCUT2D eigenvalue weighted by Crippen LogP contribution is -2.37. The molecule has 0 aromatic carbocycles. The minimum absolute atomic E-state index is 0.171. The van der Waals surface area contributed by atoms with E-state index in [4.69, 9.17) is 5.53 Å². The largest absolute Gasteiger partial charge is 0.466 e. The predicted octanol–water partition coefficient (Wildman–Crippen LogP) is 1.25. The average Bonchev–Trinajstić information content (AvgIpc) is 2.13. The quantitative estimate of drug-likeness (QED) is 0.314. The van der Waals surface area contributed by atoms with Gasteiger partial charge >= 0.3 is 5.97 Å². The zero-order valence-corrected chi connectivity index (χ0v) is 8.54. The molecular formula is C8H15N3O3. The van der Waals surface area contributed by atoms with Crippen molar-refractivity contribution in [3.8, 4) is 0 Å². The third-order valence-electron chi connectivity index (χ3n) is 1.71. The summed E-state index contributed by atoms with van der Waals surface area (Å²) in [6.45, 7) is 5.29. The molecule has 1 N–H and O–H groups in total. The molecular weight excluding hydrogens is 186 g/mol. The maximum absolute atomic E-state index is 11.2. The van der Waals surface area contributed by atoms with E-state index in [-0.39, 0.29) is 12.5 Å². The Morgan fingerprint density at radius 1 is 1.64 bits per heavy atom. The van der Waals surface area contributed by atoms with E-state index in [0.29, 0.717) is 0 Å². The van der Waals surface area contributed by atoms with Crippen LogP contribution in [0.3, 0.4) is 0 Å². The summed E-state index contributed by atoms with van der Waals surface area (Å²) in [6.07, 6.45) is -1.01. The van der Waals surface area contributed by atoms with Gasteiger partial charge in [-0.3, -0.25) is 4.79 Å². The molecule has 80 valence electrons. The molecule has 0 aliphatic rings. The van der Waals surface area contributed by atoms with Crippen LogP contribution in [0.1, 0.15) is 20.8 Å². The average molecular weight is 201 g/mol. The van der Waals surface area contributed by atoms with Crippen LogP contribution in [-0.4, -0.2) is 29.8 Å². The molecule has 0 rings (SSSR count). The summed E-state index contributed by atoms with van der Waals surface area (Å²) in [5.41, 5.74) is 8.22. The number of hydrogen-bond donors (Lipinski definition) is 1. The van der Waals surface area contributed by atoms with Crippen molar-refractivity contribution in [1.82, 2.24) is 0 Å². The Labute approximate surface area is 82.5 Å². The molecule has 0 heterocycles. The van der Waals surface area contributed by atoms with Crippen LogP contribution >= 0.6 is 0 Å². The molecule has 0 spiro atoms. The molecule has 0 aromatic rings. The molecule has 0 saturated heterocycles. The third kappa shape index (κ3) is 3.64. The van der Waals surface area contributed by atoms with Crippen LogP contribution in [0.4, 0.5) is 0 Å². The monoisotopic (exact) mass is 201 g/mol. The molecule has 0 aromatic heterocycles. The topological polar surface area (TPSA) is 95.3 Å². The second-order valence-electron chi connectivity index (χ2n) is 3.14. The van der Waals surface area contributed by atoms with Crippen molar-refractivity contribution in [2.24, 2.45) is 11.0 Å². The van der Waals surface area contributed by atoms with Gasteiger partial charge in [-0.15, -0.1) is 0 Å². The number of carbonyl (C=O) groups is 1. The van der Waals surface area contributed by atoms with Crippen molar-refractivity contribution in [2.75, 3.05) is 6.61 Å². The van der Waals surface area contributed by atoms with Crippen LogP contribution in [-0.2, 0) is 9.53 Å². The molecule has 0 bridgehead atoms. The summed E-state index contributed by atoms with van der Waals surface area (Å²) < 4.78 is 4.66. The molecule has 0 saturated carbocycles. The Balaban J connectivity index is 4.58. The van der Waals surface area contributed by atoms with E-state index in [2.05, 4.69) is 14.8 Å². The maximum atomic E-state index is 11.2. The molecule has 0 aliphatic heterocycles. The number of aliphatic hydroxyl groups excluding tert-OH is 1. The van der Waals surface area contributed by atoms with Crippen molar-refractivity contribution in [3.63, 3.8) is 0 Å². The third-order valence-corrected chi connectivity index (χ3v) is 1.71. The summed E-state index contributed by atoms with van der Waals surface area (Å²) in [5.74, 6) is -0.860. The van der Waals surface area contributed by atoms with Gasteiger partial charge in [0.2, 0.25) is 0 Å². The van der Waals surface area contributed by atoms with Gasteiger partial charge in [-0.25, -0.2) is 0 Å². The Hall–Kier alpha value is -1.26. The maximum Gasteiger partial charge on any atom is 0.317 e. The smallest absolute Gasteiger partial charge is 0.317 e. The van der Waals surface area contributed by atoms with Gasteiger partial charge in [-0.05, 0) is 18.4 Å². The van der Waals surface area contributed by atoms with E-state index in [0.717, 1.165) is 0 Å². The van der Waals surface area contributed by atoms with Crippen molar-refractivity contribution < 1.29 is 14.6 Å². The van der Waals surface area contributed by atoms with Crippen LogP contribution in [0.5, 0.6) is 0 Å². The zero-order valence-electron chi connectivity index (χ0n) is 8.54. The Bertz CT molecular complexity index is 236. The fraction of sp³-hybridized carbons (Fsp3) is 0.875. The standard InChI is InChI=1S/C8H15N3O3/c1-4-14-8(13)6(10-11-9)7(12)5(2)3/h5-7,12H,4H2,1-3H3/t6-,7-/m0/s1. The highest BCUT2D eigenvalue weighted by Gasteiger charge is 2.29. The molecule has 0 unspecified atom stereocenters. The highest BCUT2D eigenvalue weighted by molar-refractivity contribution is 5.76. The summed E-state index contributed by atoms with van der Waals surface area (Å²) in [7, 11) is 0. The zero-order chi connectivity index (χ0) is 11.1. The van der Waals surface area contributed by atoms with Crippen molar-refractivity contribution in [2.45, 2.75) is 32.9 Å². The van der Waals surface area contributed by atoms with Gasteiger partial charge in [-0.2, -0.15) is 0 Å². The molecule has 6 nitrogen and oxygen atoms in total. The van der Waals surface area contributed by atoms with Crippen LogP contribution < -0.4 is 0 Å². The summed E-state index contributed by atoms with van der Waals surface area (Å²) in [4.78, 5) is 13.7. The number of azide groups is 1. The minimum Gasteiger partial charge on any atom is -0.466 e. The molecule has 0 fully saturated rings. The van der Waals surface area contributed by atoms with Gasteiger partial charge in [-0.1, -0.05) is 19.0 Å². The van der Waals surface area contributed by atoms with E-state index < -0.39 is 18.1 Å². The first-order valence-electron chi connectivity index (χ1n) is 4.43. The lowest BCUT2D eigenvalue weighted by Gasteiger charge is -2.19. The van der Waals surface area contributed by atoms with Crippen LogP contribution in [0.2, 0.25) is 0 Å². The van der Waals surface area contributed by atoms with Crippen LogP contribution in [0.15, 0.2) is 5.11 Å².